The van der Waals surface area contributed by atoms with E-state index in [0.717, 1.165) is 116 Å². The van der Waals surface area contributed by atoms with E-state index in [9.17, 15) is 11.8 Å². The van der Waals surface area contributed by atoms with E-state index >= 15 is 0 Å². The van der Waals surface area contributed by atoms with Crippen molar-refractivity contribution < 1.29 is 0 Å². The van der Waals surface area contributed by atoms with Crippen LogP contribution in [-0.4, -0.2) is 29.5 Å². The Morgan fingerprint density at radius 2 is 0.697 bits per heavy atom. The van der Waals surface area contributed by atoms with Crippen molar-refractivity contribution in [2.24, 2.45) is 0 Å². The van der Waals surface area contributed by atoms with E-state index in [-0.39, 0.29) is 6.71 Å². The minimum absolute atomic E-state index is 0.242. The molecule has 2 aliphatic heterocycles. The van der Waals surface area contributed by atoms with Gasteiger partial charge in [0.15, 0.2) is 0 Å². The zero-order chi connectivity index (χ0) is 49.7. The van der Waals surface area contributed by atoms with Gasteiger partial charge >= 0.3 is 0 Å². The van der Waals surface area contributed by atoms with Crippen LogP contribution in [0.1, 0.15) is 5.56 Å². The summed E-state index contributed by atoms with van der Waals surface area (Å²) in [6.07, 6.45) is 0. The van der Waals surface area contributed by atoms with Gasteiger partial charge in [-0.1, -0.05) is 146 Å². The van der Waals surface area contributed by atoms with Gasteiger partial charge in [0.2, 0.25) is 5.69 Å². The second kappa shape index (κ2) is 14.1. The maximum atomic E-state index is 12.2. The topological polar surface area (TPSA) is 52.8 Å². The predicted octanol–water partition coefficient (Wildman–Crippen LogP) is 14.7. The fourth-order valence-electron chi connectivity index (χ4n) is 14.3. The van der Waals surface area contributed by atoms with E-state index in [0.29, 0.717) is 16.9 Å². The normalized spacial score (nSPS) is 12.7. The summed E-state index contributed by atoms with van der Waals surface area (Å²) in [5.74, 6) is 0. The van der Waals surface area contributed by atoms with Crippen LogP contribution in [-0.2, 0) is 0 Å². The minimum Gasteiger partial charge on any atom is -0.320 e. The SMILES string of the molecule is [C-]#[N+]c1c(-n2c3ccc(-n4c5ccccc5c5ccccc54)cc3c3cc(-n4c5ccccc5c5ccccc54)ccc32)c(C#N)c2c3c1-n1c4ccccc4c4cccc(c41)B3c1cccc3c4ccccc4n-2c13. The quantitative estimate of drug-likeness (QED) is 0.129. The molecular weight excluding hydrogens is 926 g/mol. The summed E-state index contributed by atoms with van der Waals surface area (Å²) in [5.41, 5.74) is 19.1. The summed E-state index contributed by atoms with van der Waals surface area (Å²) in [6.45, 7) is 9.32. The highest BCUT2D eigenvalue weighted by atomic mass is 15.1. The van der Waals surface area contributed by atoms with Crippen LogP contribution in [0.3, 0.4) is 0 Å². The summed E-state index contributed by atoms with van der Waals surface area (Å²) < 4.78 is 11.7. The lowest BCUT2D eigenvalue weighted by Crippen LogP contribution is -2.59. The zero-order valence-electron chi connectivity index (χ0n) is 40.5. The summed E-state index contributed by atoms with van der Waals surface area (Å²) in [4.78, 5) is 4.69. The third-order valence-corrected chi connectivity index (χ3v) is 17.1. The van der Waals surface area contributed by atoms with Crippen molar-refractivity contribution in [3.8, 4) is 34.5 Å². The smallest absolute Gasteiger partial charge is 0.250 e. The molecule has 76 heavy (non-hydrogen) atoms. The van der Waals surface area contributed by atoms with E-state index in [1.807, 2.05) is 0 Å². The number of hydrogen-bond acceptors (Lipinski definition) is 1. The maximum Gasteiger partial charge on any atom is 0.250 e. The van der Waals surface area contributed by atoms with Gasteiger partial charge in [0.1, 0.15) is 6.07 Å². The first-order chi connectivity index (χ1) is 37.7. The number of para-hydroxylation sites is 8. The second-order valence-electron chi connectivity index (χ2n) is 20.5. The molecule has 0 radical (unpaired) electrons. The van der Waals surface area contributed by atoms with E-state index in [4.69, 9.17) is 0 Å². The Hall–Kier alpha value is -10.5. The van der Waals surface area contributed by atoms with Crippen molar-refractivity contribution in [2.45, 2.75) is 0 Å². The van der Waals surface area contributed by atoms with Crippen LogP contribution in [0.2, 0.25) is 0 Å². The number of nitriles is 1. The third-order valence-electron chi connectivity index (χ3n) is 17.1. The van der Waals surface area contributed by atoms with Crippen molar-refractivity contribution in [1.82, 2.24) is 22.8 Å². The van der Waals surface area contributed by atoms with E-state index in [2.05, 4.69) is 252 Å². The average Bonchev–Trinajstić information content (AvgIpc) is 4.18. The van der Waals surface area contributed by atoms with Crippen LogP contribution in [0.25, 0.3) is 142 Å². The number of rotatable bonds is 3. The Bertz CT molecular complexity index is 5030. The highest BCUT2D eigenvalue weighted by molar-refractivity contribution is 7.00. The maximum absolute atomic E-state index is 12.2. The first-order valence-electron chi connectivity index (χ1n) is 25.8. The molecule has 0 fully saturated rings. The summed E-state index contributed by atoms with van der Waals surface area (Å²) in [6, 6.07) is 81.4. The Morgan fingerprint density at radius 1 is 0.342 bits per heavy atom. The lowest BCUT2D eigenvalue weighted by Gasteiger charge is -2.36. The molecule has 0 atom stereocenters. The van der Waals surface area contributed by atoms with Crippen molar-refractivity contribution in [1.29, 1.82) is 5.26 Å². The van der Waals surface area contributed by atoms with Crippen molar-refractivity contribution in [3.05, 3.63) is 235 Å². The van der Waals surface area contributed by atoms with Gasteiger partial charge in [0.05, 0.1) is 73.3 Å². The Labute approximate surface area is 433 Å². The molecule has 0 aliphatic carbocycles. The van der Waals surface area contributed by atoms with Gasteiger partial charge < -0.3 is 22.8 Å². The van der Waals surface area contributed by atoms with E-state index < -0.39 is 0 Å². The number of nitrogens with zero attached hydrogens (tertiary/aromatic N) is 7. The van der Waals surface area contributed by atoms with Gasteiger partial charge in [-0.05, 0) is 89.2 Å². The van der Waals surface area contributed by atoms with Crippen LogP contribution in [0, 0.1) is 17.9 Å². The van der Waals surface area contributed by atoms with Crippen LogP contribution >= 0.6 is 0 Å². The van der Waals surface area contributed by atoms with Crippen LogP contribution < -0.4 is 16.4 Å². The minimum atomic E-state index is -0.242. The second-order valence-corrected chi connectivity index (χ2v) is 20.5. The number of benzene rings is 11. The molecule has 346 valence electrons. The molecule has 5 aromatic heterocycles. The van der Waals surface area contributed by atoms with Crippen LogP contribution in [0.4, 0.5) is 5.69 Å². The average molecular weight is 962 g/mol. The van der Waals surface area contributed by atoms with Crippen molar-refractivity contribution >= 4 is 138 Å². The highest BCUT2D eigenvalue weighted by Gasteiger charge is 2.44. The lowest BCUT2D eigenvalue weighted by atomic mass is 9.34. The molecule has 7 heterocycles. The third kappa shape index (κ3) is 4.70. The number of aromatic nitrogens is 5. The highest BCUT2D eigenvalue weighted by Crippen LogP contribution is 2.49. The molecule has 0 unspecified atom stereocenters. The number of fused-ring (bicyclic) bond motifs is 19. The van der Waals surface area contributed by atoms with E-state index in [1.54, 1.807) is 0 Å². The van der Waals surface area contributed by atoms with Crippen molar-refractivity contribution in [3.63, 3.8) is 0 Å². The monoisotopic (exact) mass is 961 g/mol. The molecule has 7 nitrogen and oxygen atoms in total. The molecule has 0 spiro atoms. The van der Waals surface area contributed by atoms with Gasteiger partial charge in [-0.3, -0.25) is 0 Å². The Kier molecular flexibility index (Phi) is 7.45. The molecular formula is C68H36BN7. The molecule has 8 heteroatoms. The molecule has 2 aliphatic rings. The van der Waals surface area contributed by atoms with Crippen LogP contribution in [0.15, 0.2) is 218 Å². The molecule has 0 bridgehead atoms. The predicted molar refractivity (Wildman–Crippen MR) is 314 cm³/mol. The molecule has 16 aromatic rings. The lowest BCUT2D eigenvalue weighted by molar-refractivity contribution is 1.10. The fourth-order valence-corrected chi connectivity index (χ4v) is 14.3. The molecule has 0 saturated carbocycles. The zero-order valence-corrected chi connectivity index (χ0v) is 40.5. The summed E-state index contributed by atoms with van der Waals surface area (Å²) in [5, 5.41) is 23.6. The molecule has 18 rings (SSSR count). The summed E-state index contributed by atoms with van der Waals surface area (Å²) >= 11 is 0. The number of hydrogen-bond donors (Lipinski definition) is 0. The fraction of sp³-hybridized carbons (Fsp3) is 0. The molecule has 0 amide bonds. The van der Waals surface area contributed by atoms with Gasteiger partial charge in [-0.2, -0.15) is 5.26 Å². The van der Waals surface area contributed by atoms with Gasteiger partial charge in [-0.15, -0.1) is 0 Å². The van der Waals surface area contributed by atoms with Gasteiger partial charge in [0.25, 0.3) is 6.71 Å². The molecule has 0 saturated heterocycles. The molecule has 0 N–H and O–H groups in total. The van der Waals surface area contributed by atoms with E-state index in [1.165, 1.54) is 32.5 Å². The molecule has 11 aromatic carbocycles. The Morgan fingerprint density at radius 3 is 1.11 bits per heavy atom. The van der Waals surface area contributed by atoms with Crippen LogP contribution in [0.5, 0.6) is 0 Å². The first kappa shape index (κ1) is 40.0. The largest absolute Gasteiger partial charge is 0.320 e. The summed E-state index contributed by atoms with van der Waals surface area (Å²) in [7, 11) is 0. The standard InChI is InChI=1S/C68H36BN7/c1-71-63-67(51(38-70)66-62-68(63)76-59-31-13-7-21-46(59)48-23-15-25-53(65(48)76)69(62)52-24-14-22-47-45-20-6-12-30-58(45)75(66)64(47)52)74-60-34-32-39(72-54-26-8-2-16-41(54)42-17-3-9-27-55(42)72)36-49(60)50-37-40(33-35-61(50)74)73-56-28-10-4-18-43(56)44-19-5-11-29-57(44)73/h2-37H. The Balaban J connectivity index is 1.04. The van der Waals surface area contributed by atoms with Gasteiger partial charge in [-0.25, -0.2) is 4.85 Å². The van der Waals surface area contributed by atoms with Crippen molar-refractivity contribution in [2.75, 3.05) is 0 Å². The first-order valence-corrected chi connectivity index (χ1v) is 25.8. The van der Waals surface area contributed by atoms with Gasteiger partial charge in [0, 0.05) is 76.3 Å².